The molecule has 96 valence electrons. The van der Waals surface area contributed by atoms with E-state index in [1.165, 1.54) is 12.4 Å². The molecule has 0 saturated heterocycles. The van der Waals surface area contributed by atoms with Crippen molar-refractivity contribution in [2.45, 2.75) is 37.7 Å². The van der Waals surface area contributed by atoms with Gasteiger partial charge in [0.25, 0.3) is 0 Å². The second-order valence-electron chi connectivity index (χ2n) is 4.33. The van der Waals surface area contributed by atoms with Gasteiger partial charge < -0.3 is 0 Å². The van der Waals surface area contributed by atoms with E-state index in [2.05, 4.69) is 20.9 Å². The first-order valence-electron chi connectivity index (χ1n) is 5.46. The zero-order valence-corrected chi connectivity index (χ0v) is 11.3. The van der Waals surface area contributed by atoms with E-state index in [1.54, 1.807) is 0 Å². The molecule has 0 aliphatic heterocycles. The van der Waals surface area contributed by atoms with Gasteiger partial charge in [-0.2, -0.15) is 13.2 Å². The topological polar surface area (TPSA) is 12.9 Å². The molecular formula is C12H15BrF3N. The normalized spacial score (nSPS) is 14.1. The maximum Gasteiger partial charge on any atom is 0.416 e. The third-order valence-electron chi connectivity index (χ3n) is 2.62. The highest BCUT2D eigenvalue weighted by molar-refractivity contribution is 9.09. The maximum atomic E-state index is 12.7. The Morgan fingerprint density at radius 1 is 1.35 bits per heavy atom. The molecular weight excluding hydrogens is 295 g/mol. The van der Waals surface area contributed by atoms with Crippen molar-refractivity contribution in [3.05, 3.63) is 29.6 Å². The molecule has 0 saturated carbocycles. The Balaban J connectivity index is 2.78. The van der Waals surface area contributed by atoms with Gasteiger partial charge in [-0.05, 0) is 30.4 Å². The quantitative estimate of drug-likeness (QED) is 0.749. The Morgan fingerprint density at radius 2 is 2.00 bits per heavy atom. The Bertz CT molecular complexity index is 363. The van der Waals surface area contributed by atoms with Crippen LogP contribution < -0.4 is 0 Å². The monoisotopic (exact) mass is 309 g/mol. The van der Waals surface area contributed by atoms with Gasteiger partial charge in [-0.1, -0.05) is 29.8 Å². The van der Waals surface area contributed by atoms with Crippen LogP contribution >= 0.6 is 15.9 Å². The minimum atomic E-state index is -4.29. The molecule has 1 aromatic rings. The lowest BCUT2D eigenvalue weighted by molar-refractivity contribution is -0.138. The van der Waals surface area contributed by atoms with Crippen molar-refractivity contribution in [1.29, 1.82) is 0 Å². The van der Waals surface area contributed by atoms with Crippen LogP contribution in [0.4, 0.5) is 13.2 Å². The molecule has 1 rings (SSSR count). The zero-order chi connectivity index (χ0) is 13.1. The van der Waals surface area contributed by atoms with Crippen LogP contribution in [0.3, 0.4) is 0 Å². The fraction of sp³-hybridized carbons (Fsp3) is 0.583. The van der Waals surface area contributed by atoms with E-state index in [0.29, 0.717) is 18.8 Å². The number of hydrogen-bond donors (Lipinski definition) is 0. The predicted octanol–water partition coefficient (Wildman–Crippen LogP) is 4.45. The summed E-state index contributed by atoms with van der Waals surface area (Å²) >= 11 is 3.47. The summed E-state index contributed by atoms with van der Waals surface area (Å²) in [5, 5.41) is 0. The van der Waals surface area contributed by atoms with Crippen LogP contribution in [0, 0.1) is 5.92 Å². The molecule has 1 unspecified atom stereocenters. The van der Waals surface area contributed by atoms with Gasteiger partial charge in [0.2, 0.25) is 0 Å². The van der Waals surface area contributed by atoms with Crippen LogP contribution in [-0.2, 0) is 12.6 Å². The summed E-state index contributed by atoms with van der Waals surface area (Å²) in [7, 11) is 0. The van der Waals surface area contributed by atoms with Crippen LogP contribution in [0.15, 0.2) is 18.5 Å². The highest BCUT2D eigenvalue weighted by Crippen LogP contribution is 2.32. The Labute approximate surface area is 108 Å². The third kappa shape index (κ3) is 4.30. The standard InChI is InChI=1S/C12H15BrF3N/c1-8(2)11(13)4-3-9-7-17-6-5-10(9)12(14,15)16/h5-8,11H,3-4H2,1-2H3. The van der Waals surface area contributed by atoms with Crippen molar-refractivity contribution in [2.24, 2.45) is 5.92 Å². The number of pyridine rings is 1. The lowest BCUT2D eigenvalue weighted by atomic mass is 10.00. The lowest BCUT2D eigenvalue weighted by Crippen LogP contribution is -2.13. The molecule has 0 aromatic carbocycles. The summed E-state index contributed by atoms with van der Waals surface area (Å²) in [6.07, 6.45) is -0.746. The number of halogens is 4. The molecule has 0 fully saturated rings. The lowest BCUT2D eigenvalue weighted by Gasteiger charge is -2.16. The largest absolute Gasteiger partial charge is 0.416 e. The van der Waals surface area contributed by atoms with E-state index < -0.39 is 11.7 Å². The summed E-state index contributed by atoms with van der Waals surface area (Å²) < 4.78 is 38.1. The van der Waals surface area contributed by atoms with Gasteiger partial charge in [-0.3, -0.25) is 4.98 Å². The molecule has 5 heteroatoms. The van der Waals surface area contributed by atoms with Crippen LogP contribution in [0.1, 0.15) is 31.4 Å². The Morgan fingerprint density at radius 3 is 2.53 bits per heavy atom. The smallest absolute Gasteiger partial charge is 0.264 e. The zero-order valence-electron chi connectivity index (χ0n) is 9.76. The third-order valence-corrected chi connectivity index (χ3v) is 4.14. The van der Waals surface area contributed by atoms with Gasteiger partial charge in [0.05, 0.1) is 5.56 Å². The number of aromatic nitrogens is 1. The molecule has 0 N–H and O–H groups in total. The SMILES string of the molecule is CC(C)C(Br)CCc1cnccc1C(F)(F)F. The number of nitrogens with zero attached hydrogens (tertiary/aromatic N) is 1. The minimum absolute atomic E-state index is 0.226. The molecule has 1 aromatic heterocycles. The molecule has 0 aliphatic carbocycles. The van der Waals surface area contributed by atoms with E-state index in [-0.39, 0.29) is 10.4 Å². The van der Waals surface area contributed by atoms with Crippen molar-refractivity contribution in [2.75, 3.05) is 0 Å². The highest BCUT2D eigenvalue weighted by Gasteiger charge is 2.33. The van der Waals surface area contributed by atoms with E-state index in [1.807, 2.05) is 13.8 Å². The van der Waals surface area contributed by atoms with Crippen LogP contribution in [-0.4, -0.2) is 9.81 Å². The Kier molecular flexibility index (Phi) is 4.98. The number of rotatable bonds is 4. The fourth-order valence-electron chi connectivity index (χ4n) is 1.53. The van der Waals surface area contributed by atoms with Gasteiger partial charge in [0, 0.05) is 17.2 Å². The number of hydrogen-bond acceptors (Lipinski definition) is 1. The van der Waals surface area contributed by atoms with Gasteiger partial charge in [-0.25, -0.2) is 0 Å². The van der Waals surface area contributed by atoms with Crippen LogP contribution in [0.5, 0.6) is 0 Å². The molecule has 0 radical (unpaired) electrons. The summed E-state index contributed by atoms with van der Waals surface area (Å²) in [6, 6.07) is 1.04. The summed E-state index contributed by atoms with van der Waals surface area (Å²) in [4.78, 5) is 3.99. The average molecular weight is 310 g/mol. The first-order valence-corrected chi connectivity index (χ1v) is 6.38. The average Bonchev–Trinajstić information content (AvgIpc) is 2.24. The van der Waals surface area contributed by atoms with E-state index >= 15 is 0 Å². The van der Waals surface area contributed by atoms with Crippen molar-refractivity contribution in [3.8, 4) is 0 Å². The maximum absolute atomic E-state index is 12.7. The molecule has 0 spiro atoms. The van der Waals surface area contributed by atoms with Crippen molar-refractivity contribution < 1.29 is 13.2 Å². The second kappa shape index (κ2) is 5.85. The van der Waals surface area contributed by atoms with Gasteiger partial charge >= 0.3 is 6.18 Å². The van der Waals surface area contributed by atoms with Gasteiger partial charge in [0.15, 0.2) is 0 Å². The summed E-state index contributed by atoms with van der Waals surface area (Å²) in [5.74, 6) is 0.404. The molecule has 1 heterocycles. The van der Waals surface area contributed by atoms with Crippen molar-refractivity contribution in [1.82, 2.24) is 4.98 Å². The van der Waals surface area contributed by atoms with E-state index in [0.717, 1.165) is 6.07 Å². The molecule has 1 nitrogen and oxygen atoms in total. The first kappa shape index (κ1) is 14.5. The molecule has 1 atom stereocenters. The molecule has 0 amide bonds. The fourth-order valence-corrected chi connectivity index (χ4v) is 1.76. The molecule has 0 bridgehead atoms. The van der Waals surface area contributed by atoms with Crippen LogP contribution in [0.25, 0.3) is 0 Å². The molecule has 17 heavy (non-hydrogen) atoms. The summed E-state index contributed by atoms with van der Waals surface area (Å²) in [5.41, 5.74) is -0.305. The molecule has 0 aliphatic rings. The number of alkyl halides is 4. The van der Waals surface area contributed by atoms with Crippen molar-refractivity contribution >= 4 is 15.9 Å². The van der Waals surface area contributed by atoms with E-state index in [9.17, 15) is 13.2 Å². The van der Waals surface area contributed by atoms with E-state index in [4.69, 9.17) is 0 Å². The van der Waals surface area contributed by atoms with Crippen LogP contribution in [0.2, 0.25) is 0 Å². The predicted molar refractivity (Wildman–Crippen MR) is 65.1 cm³/mol. The summed E-state index contributed by atoms with van der Waals surface area (Å²) in [6.45, 7) is 4.07. The van der Waals surface area contributed by atoms with Crippen molar-refractivity contribution in [3.63, 3.8) is 0 Å². The second-order valence-corrected chi connectivity index (χ2v) is 5.51. The number of aryl methyl sites for hydroxylation is 1. The Hall–Kier alpha value is -0.580. The van der Waals surface area contributed by atoms with Gasteiger partial charge in [0.1, 0.15) is 0 Å². The first-order chi connectivity index (χ1) is 7.82. The van der Waals surface area contributed by atoms with Gasteiger partial charge in [-0.15, -0.1) is 0 Å². The highest BCUT2D eigenvalue weighted by atomic mass is 79.9. The minimum Gasteiger partial charge on any atom is -0.264 e.